The molecule has 214 valence electrons. The van der Waals surface area contributed by atoms with Gasteiger partial charge in [0.1, 0.15) is 9.75 Å². The van der Waals surface area contributed by atoms with Crippen LogP contribution in [0.25, 0.3) is 0 Å². The van der Waals surface area contributed by atoms with Gasteiger partial charge in [0.05, 0.1) is 35.7 Å². The number of carbonyl (C=O) groups is 2. The summed E-state index contributed by atoms with van der Waals surface area (Å²) < 4.78 is 12.2. The maximum Gasteiger partial charge on any atom is 0.350 e. The molecule has 0 saturated heterocycles. The van der Waals surface area contributed by atoms with Gasteiger partial charge in [0.15, 0.2) is 0 Å². The third-order valence-electron chi connectivity index (χ3n) is 4.85. The highest BCUT2D eigenvalue weighted by Crippen LogP contribution is 2.29. The summed E-state index contributed by atoms with van der Waals surface area (Å²) in [6.07, 6.45) is 3.67. The highest BCUT2D eigenvalue weighted by atomic mass is 79.9. The molecule has 0 aliphatic carbocycles. The summed E-state index contributed by atoms with van der Waals surface area (Å²) in [5.41, 5.74) is 0.628. The molecule has 0 spiro atoms. The number of carbonyl (C=O) groups excluding carboxylic acids is 2. The van der Waals surface area contributed by atoms with Crippen molar-refractivity contribution >= 4 is 56.2 Å². The molecule has 3 heterocycles. The van der Waals surface area contributed by atoms with Gasteiger partial charge in [-0.05, 0) is 82.6 Å². The van der Waals surface area contributed by atoms with Gasteiger partial charge < -0.3 is 14.8 Å². The number of esters is 2. The van der Waals surface area contributed by atoms with E-state index in [1.807, 2.05) is 49.8 Å². The fraction of sp³-hybridized carbons (Fsp3) is 0.433. The third kappa shape index (κ3) is 10.8. The van der Waals surface area contributed by atoms with Gasteiger partial charge in [-0.3, -0.25) is 4.68 Å². The van der Waals surface area contributed by atoms with E-state index in [1.54, 1.807) is 6.20 Å². The largest absolute Gasteiger partial charge is 0.465 e. The third-order valence-corrected chi connectivity index (χ3v) is 7.80. The lowest BCUT2D eigenvalue weighted by Gasteiger charge is -2.14. The van der Waals surface area contributed by atoms with Crippen LogP contribution in [-0.4, -0.2) is 42.5 Å². The van der Waals surface area contributed by atoms with E-state index < -0.39 is 0 Å². The van der Waals surface area contributed by atoms with E-state index in [0.29, 0.717) is 16.3 Å². The first-order valence-corrected chi connectivity index (χ1v) is 14.9. The minimum Gasteiger partial charge on any atom is -0.465 e. The smallest absolute Gasteiger partial charge is 0.350 e. The molecule has 0 amide bonds. The normalized spacial score (nSPS) is 11.6. The van der Waals surface area contributed by atoms with Gasteiger partial charge in [-0.15, -0.1) is 22.7 Å². The van der Waals surface area contributed by atoms with Crippen LogP contribution in [0.2, 0.25) is 0 Å². The van der Waals surface area contributed by atoms with Crippen LogP contribution in [0.1, 0.15) is 83.6 Å². The number of anilines is 1. The van der Waals surface area contributed by atoms with Crippen molar-refractivity contribution in [2.24, 2.45) is 10.8 Å². The molecular formula is C30H36BrN3O4S2. The lowest BCUT2D eigenvalue weighted by atomic mass is 9.98. The van der Waals surface area contributed by atoms with E-state index in [1.165, 1.54) is 36.9 Å². The number of hydrogen-bond donors (Lipinski definition) is 1. The highest BCUT2D eigenvalue weighted by Gasteiger charge is 2.18. The number of thiophene rings is 2. The van der Waals surface area contributed by atoms with Gasteiger partial charge in [0.2, 0.25) is 0 Å². The average molecular weight is 647 g/mol. The maximum atomic E-state index is 12.0. The molecule has 0 aromatic carbocycles. The quantitative estimate of drug-likeness (QED) is 0.221. The Labute approximate surface area is 253 Å². The summed E-state index contributed by atoms with van der Waals surface area (Å²) in [5, 5.41) is 7.54. The molecule has 0 radical (unpaired) electrons. The Bertz CT molecular complexity index is 1420. The topological polar surface area (TPSA) is 82.5 Å². The van der Waals surface area contributed by atoms with Crippen LogP contribution >= 0.6 is 38.6 Å². The van der Waals surface area contributed by atoms with E-state index in [9.17, 15) is 9.59 Å². The second-order valence-corrected chi connectivity index (χ2v) is 13.8. The molecule has 3 aromatic heterocycles. The van der Waals surface area contributed by atoms with Crippen molar-refractivity contribution in [3.05, 3.63) is 54.6 Å². The first-order chi connectivity index (χ1) is 18.6. The second kappa shape index (κ2) is 14.5. The SMILES string of the molecule is COC(=O)c1sc(C#CC(C)(C)C)cc1Br.COC(=O)c1sc(C#CC(C)(C)C)cc1NCC(C)n1cccn1. The molecule has 1 N–H and O–H groups in total. The van der Waals surface area contributed by atoms with E-state index in [-0.39, 0.29) is 28.8 Å². The lowest BCUT2D eigenvalue weighted by molar-refractivity contribution is 0.0597. The fourth-order valence-electron chi connectivity index (χ4n) is 2.88. The van der Waals surface area contributed by atoms with Crippen molar-refractivity contribution in [2.45, 2.75) is 54.5 Å². The molecule has 0 bridgehead atoms. The Hall–Kier alpha value is -3.05. The van der Waals surface area contributed by atoms with Crippen LogP contribution in [0, 0.1) is 34.5 Å². The van der Waals surface area contributed by atoms with Gasteiger partial charge in [-0.2, -0.15) is 5.10 Å². The average Bonchev–Trinajstić information content (AvgIpc) is 3.63. The molecule has 1 unspecified atom stereocenters. The zero-order valence-corrected chi connectivity index (χ0v) is 27.6. The summed E-state index contributed by atoms with van der Waals surface area (Å²) in [6.45, 7) is 15.0. The zero-order valence-electron chi connectivity index (χ0n) is 24.4. The van der Waals surface area contributed by atoms with Crippen molar-refractivity contribution in [2.75, 3.05) is 26.1 Å². The molecule has 10 heteroatoms. The molecule has 40 heavy (non-hydrogen) atoms. The summed E-state index contributed by atoms with van der Waals surface area (Å²) in [6, 6.07) is 5.80. The van der Waals surface area contributed by atoms with E-state index in [0.717, 1.165) is 19.9 Å². The van der Waals surface area contributed by atoms with Gasteiger partial charge >= 0.3 is 11.9 Å². The van der Waals surface area contributed by atoms with Crippen LogP contribution < -0.4 is 5.32 Å². The summed E-state index contributed by atoms with van der Waals surface area (Å²) in [4.78, 5) is 26.2. The monoisotopic (exact) mass is 645 g/mol. The number of halogens is 1. The van der Waals surface area contributed by atoms with E-state index >= 15 is 0 Å². The molecule has 0 aliphatic heterocycles. The Morgan fingerprint density at radius 3 is 2.00 bits per heavy atom. The van der Waals surface area contributed by atoms with Gasteiger partial charge in [-0.1, -0.05) is 23.7 Å². The first kappa shape index (κ1) is 33.2. The predicted octanol–water partition coefficient (Wildman–Crippen LogP) is 7.50. The molecule has 3 aromatic rings. The summed E-state index contributed by atoms with van der Waals surface area (Å²) >= 11 is 6.01. The van der Waals surface area contributed by atoms with Crippen LogP contribution in [0.5, 0.6) is 0 Å². The van der Waals surface area contributed by atoms with Crippen LogP contribution in [0.15, 0.2) is 35.1 Å². The minimum atomic E-state index is -0.349. The molecular weight excluding hydrogens is 610 g/mol. The number of rotatable bonds is 6. The van der Waals surface area contributed by atoms with Gasteiger partial charge in [-0.25, -0.2) is 9.59 Å². The van der Waals surface area contributed by atoms with E-state index in [4.69, 9.17) is 4.74 Å². The number of nitrogens with one attached hydrogen (secondary N) is 1. The zero-order chi connectivity index (χ0) is 30.1. The van der Waals surface area contributed by atoms with E-state index in [2.05, 4.69) is 82.5 Å². The van der Waals surface area contributed by atoms with Crippen molar-refractivity contribution in [1.82, 2.24) is 9.78 Å². The molecule has 3 rings (SSSR count). The van der Waals surface area contributed by atoms with Crippen molar-refractivity contribution in [3.8, 4) is 23.7 Å². The maximum absolute atomic E-state index is 12.0. The first-order valence-electron chi connectivity index (χ1n) is 12.5. The Morgan fingerprint density at radius 2 is 1.50 bits per heavy atom. The Kier molecular flexibility index (Phi) is 12.1. The second-order valence-electron chi connectivity index (χ2n) is 10.8. The molecule has 0 saturated carbocycles. The number of methoxy groups -OCH3 is 2. The Morgan fingerprint density at radius 1 is 0.975 bits per heavy atom. The standard InChI is InChI=1S/C18H23N3O2S.C12H13BrO2S/c1-13(21-10-6-9-20-21)12-19-15-11-14(7-8-18(2,3)4)24-16(15)17(22)23-5;1-12(2,3)6-5-8-7-9(13)10(16-8)11(14)15-4/h6,9-11,13,19H,12H2,1-5H3;7H,1-4H3. The van der Waals surface area contributed by atoms with Crippen LogP contribution in [0.3, 0.4) is 0 Å². The van der Waals surface area contributed by atoms with Crippen molar-refractivity contribution in [3.63, 3.8) is 0 Å². The number of ether oxygens (including phenoxy) is 2. The fourth-order valence-corrected chi connectivity index (χ4v) is 5.39. The highest BCUT2D eigenvalue weighted by molar-refractivity contribution is 9.10. The molecule has 7 nitrogen and oxygen atoms in total. The van der Waals surface area contributed by atoms with Crippen LogP contribution in [-0.2, 0) is 9.47 Å². The van der Waals surface area contributed by atoms with Gasteiger partial charge in [0, 0.05) is 34.2 Å². The van der Waals surface area contributed by atoms with Crippen LogP contribution in [0.4, 0.5) is 5.69 Å². The summed E-state index contributed by atoms with van der Waals surface area (Å²) in [7, 11) is 2.76. The van der Waals surface area contributed by atoms with Gasteiger partial charge in [0.25, 0.3) is 0 Å². The number of nitrogens with zero attached hydrogens (tertiary/aromatic N) is 2. The van der Waals surface area contributed by atoms with Crippen molar-refractivity contribution in [1.29, 1.82) is 0 Å². The molecule has 0 fully saturated rings. The number of hydrogen-bond acceptors (Lipinski definition) is 8. The summed E-state index contributed by atoms with van der Waals surface area (Å²) in [5.74, 6) is 11.8. The molecule has 0 aliphatic rings. The Balaban J connectivity index is 0.000000305. The lowest BCUT2D eigenvalue weighted by Crippen LogP contribution is -2.17. The molecule has 1 atom stereocenters. The van der Waals surface area contributed by atoms with Crippen molar-refractivity contribution < 1.29 is 19.1 Å². The minimum absolute atomic E-state index is 0.0398. The predicted molar refractivity (Wildman–Crippen MR) is 167 cm³/mol. The number of aromatic nitrogens is 2.